The van der Waals surface area contributed by atoms with E-state index in [2.05, 4.69) is 25.6 Å². The Bertz CT molecular complexity index is 1180. The first-order valence-corrected chi connectivity index (χ1v) is 10.6. The minimum absolute atomic E-state index is 0.238. The van der Waals surface area contributed by atoms with E-state index in [0.717, 1.165) is 22.6 Å². The third kappa shape index (κ3) is 4.82. The van der Waals surface area contributed by atoms with Crippen LogP contribution in [0.15, 0.2) is 66.0 Å². The van der Waals surface area contributed by atoms with Crippen molar-refractivity contribution in [2.45, 2.75) is 12.8 Å². The SMILES string of the molecule is Cc1nc(Nc2cccc(C(=O)Nc3nc(CCl)cs3)c2)cc(-c2ccccc2)n1. The molecule has 0 aliphatic carbocycles. The number of nitrogens with zero attached hydrogens (tertiary/aromatic N) is 3. The van der Waals surface area contributed by atoms with Gasteiger partial charge in [0.05, 0.1) is 17.3 Å². The maximum Gasteiger partial charge on any atom is 0.257 e. The molecule has 1 amide bonds. The van der Waals surface area contributed by atoms with Crippen LogP contribution in [-0.4, -0.2) is 20.9 Å². The van der Waals surface area contributed by atoms with Crippen LogP contribution in [0.25, 0.3) is 11.3 Å². The van der Waals surface area contributed by atoms with Gasteiger partial charge in [0.25, 0.3) is 5.91 Å². The van der Waals surface area contributed by atoms with E-state index in [4.69, 9.17) is 11.6 Å². The Morgan fingerprint density at radius 2 is 1.87 bits per heavy atom. The van der Waals surface area contributed by atoms with Crippen LogP contribution in [0, 0.1) is 6.92 Å². The fourth-order valence-corrected chi connectivity index (χ4v) is 3.80. The molecule has 6 nitrogen and oxygen atoms in total. The molecule has 0 saturated heterocycles. The Labute approximate surface area is 183 Å². The lowest BCUT2D eigenvalue weighted by atomic mass is 10.1. The van der Waals surface area contributed by atoms with Crippen LogP contribution >= 0.6 is 22.9 Å². The third-order valence-corrected chi connectivity index (χ3v) is 5.29. The number of thiazole rings is 1. The Hall–Kier alpha value is -3.29. The van der Waals surface area contributed by atoms with E-state index in [1.54, 1.807) is 12.1 Å². The highest BCUT2D eigenvalue weighted by Gasteiger charge is 2.11. The summed E-state index contributed by atoms with van der Waals surface area (Å²) in [5.41, 5.74) is 3.84. The molecule has 4 aromatic rings. The van der Waals surface area contributed by atoms with Crippen LogP contribution in [0.5, 0.6) is 0 Å². The number of halogens is 1. The zero-order valence-electron chi connectivity index (χ0n) is 16.1. The lowest BCUT2D eigenvalue weighted by molar-refractivity contribution is 0.102. The lowest BCUT2D eigenvalue weighted by Gasteiger charge is -2.10. The summed E-state index contributed by atoms with van der Waals surface area (Å²) >= 11 is 7.11. The highest BCUT2D eigenvalue weighted by molar-refractivity contribution is 7.14. The number of carbonyl (C=O) groups excluding carboxylic acids is 1. The largest absolute Gasteiger partial charge is 0.340 e. The van der Waals surface area contributed by atoms with Gasteiger partial charge >= 0.3 is 0 Å². The normalized spacial score (nSPS) is 10.6. The van der Waals surface area contributed by atoms with Gasteiger partial charge in [0.1, 0.15) is 11.6 Å². The van der Waals surface area contributed by atoms with Gasteiger partial charge in [-0.1, -0.05) is 36.4 Å². The van der Waals surface area contributed by atoms with Crippen molar-refractivity contribution in [3.05, 3.63) is 83.1 Å². The molecule has 0 bridgehead atoms. The van der Waals surface area contributed by atoms with Crippen LogP contribution in [0.3, 0.4) is 0 Å². The summed E-state index contributed by atoms with van der Waals surface area (Å²) in [6.45, 7) is 1.85. The van der Waals surface area contributed by atoms with Crippen molar-refractivity contribution in [1.29, 1.82) is 0 Å². The number of nitrogens with one attached hydrogen (secondary N) is 2. The standard InChI is InChI=1S/C22H18ClN5OS/c1-14-24-19(15-6-3-2-4-7-15)11-20(25-14)26-17-9-5-8-16(10-17)21(29)28-22-27-18(12-23)13-30-22/h2-11,13H,12H2,1H3,(H,24,25,26)(H,27,28,29). The van der Waals surface area contributed by atoms with Crippen molar-refractivity contribution in [3.63, 3.8) is 0 Å². The van der Waals surface area contributed by atoms with Gasteiger partial charge in [-0.05, 0) is 25.1 Å². The van der Waals surface area contributed by atoms with E-state index >= 15 is 0 Å². The summed E-state index contributed by atoms with van der Waals surface area (Å²) in [6, 6.07) is 19.0. The quantitative estimate of drug-likeness (QED) is 0.383. The Morgan fingerprint density at radius 3 is 2.63 bits per heavy atom. The molecule has 150 valence electrons. The molecule has 2 aromatic heterocycles. The number of rotatable bonds is 6. The molecular formula is C22H18ClN5OS. The van der Waals surface area contributed by atoms with Crippen LogP contribution in [0.1, 0.15) is 21.9 Å². The predicted octanol–water partition coefficient (Wildman–Crippen LogP) is 5.64. The Morgan fingerprint density at radius 1 is 1.03 bits per heavy atom. The number of carbonyl (C=O) groups is 1. The predicted molar refractivity (Wildman–Crippen MR) is 122 cm³/mol. The van der Waals surface area contributed by atoms with Crippen LogP contribution < -0.4 is 10.6 Å². The third-order valence-electron chi connectivity index (χ3n) is 4.21. The second kappa shape index (κ2) is 9.02. The summed E-state index contributed by atoms with van der Waals surface area (Å²) in [5.74, 6) is 1.39. The van der Waals surface area contributed by atoms with Crippen molar-refractivity contribution >= 4 is 45.5 Å². The Kier molecular flexibility index (Phi) is 6.02. The average Bonchev–Trinajstić information content (AvgIpc) is 3.22. The van der Waals surface area contributed by atoms with Crippen LogP contribution in [0.2, 0.25) is 0 Å². The van der Waals surface area contributed by atoms with Gasteiger partial charge in [0.15, 0.2) is 5.13 Å². The van der Waals surface area contributed by atoms with E-state index in [1.807, 2.05) is 60.8 Å². The molecule has 0 radical (unpaired) electrons. The van der Waals surface area contributed by atoms with Crippen molar-refractivity contribution in [2.24, 2.45) is 0 Å². The highest BCUT2D eigenvalue weighted by atomic mass is 35.5. The molecule has 2 N–H and O–H groups in total. The first-order chi connectivity index (χ1) is 14.6. The second-order valence-corrected chi connectivity index (χ2v) is 7.61. The smallest absolute Gasteiger partial charge is 0.257 e. The molecule has 0 aliphatic heterocycles. The number of hydrogen-bond donors (Lipinski definition) is 2. The van der Waals surface area contributed by atoms with Gasteiger partial charge in [-0.2, -0.15) is 0 Å². The number of aryl methyl sites for hydroxylation is 1. The maximum atomic E-state index is 12.6. The molecule has 0 fully saturated rings. The highest BCUT2D eigenvalue weighted by Crippen LogP contribution is 2.23. The lowest BCUT2D eigenvalue weighted by Crippen LogP contribution is -2.12. The first kappa shape index (κ1) is 20.0. The Balaban J connectivity index is 1.53. The summed E-state index contributed by atoms with van der Waals surface area (Å²) in [5, 5.41) is 8.41. The van der Waals surface area contributed by atoms with E-state index in [-0.39, 0.29) is 5.91 Å². The second-order valence-electron chi connectivity index (χ2n) is 6.49. The van der Waals surface area contributed by atoms with Crippen LogP contribution in [-0.2, 0) is 5.88 Å². The zero-order chi connectivity index (χ0) is 20.9. The average molecular weight is 436 g/mol. The van der Waals surface area contributed by atoms with Crippen molar-refractivity contribution in [1.82, 2.24) is 15.0 Å². The minimum atomic E-state index is -0.238. The molecule has 8 heteroatoms. The number of hydrogen-bond acceptors (Lipinski definition) is 6. The minimum Gasteiger partial charge on any atom is -0.340 e. The van der Waals surface area contributed by atoms with Gasteiger partial charge in [0.2, 0.25) is 0 Å². The van der Waals surface area contributed by atoms with Gasteiger partial charge in [-0.25, -0.2) is 15.0 Å². The number of anilines is 3. The monoisotopic (exact) mass is 435 g/mol. The molecule has 30 heavy (non-hydrogen) atoms. The molecule has 2 heterocycles. The van der Waals surface area contributed by atoms with E-state index < -0.39 is 0 Å². The van der Waals surface area contributed by atoms with Crippen LogP contribution in [0.4, 0.5) is 16.6 Å². The van der Waals surface area contributed by atoms with Crippen molar-refractivity contribution < 1.29 is 4.79 Å². The summed E-state index contributed by atoms with van der Waals surface area (Å²) in [6.07, 6.45) is 0. The van der Waals surface area contributed by atoms with Gasteiger partial charge in [-0.15, -0.1) is 22.9 Å². The topological polar surface area (TPSA) is 79.8 Å². The summed E-state index contributed by atoms with van der Waals surface area (Å²) < 4.78 is 0. The summed E-state index contributed by atoms with van der Waals surface area (Å²) in [4.78, 5) is 25.8. The van der Waals surface area contributed by atoms with Gasteiger partial charge in [-0.3, -0.25) is 10.1 Å². The molecule has 0 spiro atoms. The fraction of sp³-hybridized carbons (Fsp3) is 0.0909. The molecule has 0 saturated carbocycles. The summed E-state index contributed by atoms with van der Waals surface area (Å²) in [7, 11) is 0. The molecule has 2 aromatic carbocycles. The molecular weight excluding hydrogens is 418 g/mol. The number of aromatic nitrogens is 3. The van der Waals surface area contributed by atoms with Crippen molar-refractivity contribution in [2.75, 3.05) is 10.6 Å². The number of benzene rings is 2. The van der Waals surface area contributed by atoms with E-state index in [0.29, 0.717) is 28.2 Å². The fourth-order valence-electron chi connectivity index (χ4n) is 2.87. The molecule has 0 aliphatic rings. The van der Waals surface area contributed by atoms with E-state index in [1.165, 1.54) is 11.3 Å². The van der Waals surface area contributed by atoms with Gasteiger partial charge < -0.3 is 5.32 Å². The van der Waals surface area contributed by atoms with E-state index in [9.17, 15) is 4.79 Å². The maximum absolute atomic E-state index is 12.6. The number of amides is 1. The van der Waals surface area contributed by atoms with Crippen molar-refractivity contribution in [3.8, 4) is 11.3 Å². The zero-order valence-corrected chi connectivity index (χ0v) is 17.7. The number of alkyl halides is 1. The first-order valence-electron chi connectivity index (χ1n) is 9.20. The molecule has 0 unspecified atom stereocenters. The van der Waals surface area contributed by atoms with Gasteiger partial charge in [0, 0.05) is 28.3 Å². The molecule has 0 atom stereocenters. The molecule has 4 rings (SSSR count).